The van der Waals surface area contributed by atoms with Gasteiger partial charge in [-0.2, -0.15) is 15.2 Å². The Balaban J connectivity index is 1.78. The summed E-state index contributed by atoms with van der Waals surface area (Å²) in [4.78, 5) is 12.9. The van der Waals surface area contributed by atoms with Crippen molar-refractivity contribution in [2.24, 2.45) is 0 Å². The average Bonchev–Trinajstić information content (AvgIpc) is 3.11. The van der Waals surface area contributed by atoms with E-state index < -0.39 is 0 Å². The zero-order valence-corrected chi connectivity index (χ0v) is 16.7. The van der Waals surface area contributed by atoms with Crippen LogP contribution in [0, 0.1) is 11.3 Å². The van der Waals surface area contributed by atoms with E-state index in [2.05, 4.69) is 20.3 Å². The monoisotopic (exact) mass is 420 g/mol. The van der Waals surface area contributed by atoms with E-state index in [1.807, 2.05) is 16.7 Å². The van der Waals surface area contributed by atoms with Crippen LogP contribution in [0.4, 0.5) is 5.82 Å². The lowest BCUT2D eigenvalue weighted by Crippen LogP contribution is -2.07. The molecule has 0 unspecified atom stereocenters. The fraction of sp³-hybridized carbons (Fsp3) is 0.333. The summed E-state index contributed by atoms with van der Waals surface area (Å²) in [5.74, 6) is 0.559. The van der Waals surface area contributed by atoms with E-state index in [0.717, 1.165) is 12.0 Å². The van der Waals surface area contributed by atoms with Gasteiger partial charge in [-0.25, -0.2) is 4.98 Å². The molecule has 3 aromatic rings. The molecule has 3 rings (SSSR count). The Morgan fingerprint density at radius 2 is 2.11 bits per heavy atom. The fourth-order valence-corrected chi connectivity index (χ4v) is 2.92. The van der Waals surface area contributed by atoms with E-state index in [4.69, 9.17) is 32.7 Å². The number of nitrogens with one attached hydrogen (secondary N) is 1. The van der Waals surface area contributed by atoms with Gasteiger partial charge in [0.2, 0.25) is 5.82 Å². The lowest BCUT2D eigenvalue weighted by Gasteiger charge is -2.09. The average molecular weight is 421 g/mol. The Morgan fingerprint density at radius 3 is 2.86 bits per heavy atom. The SMILES string of the molecule is COCOCCCn1cnc2c(NCc3ccc(Cl)c(Cl)c3)nc(C#N)nc21. The molecule has 0 aliphatic carbocycles. The van der Waals surface area contributed by atoms with Gasteiger partial charge in [-0.15, -0.1) is 0 Å². The van der Waals surface area contributed by atoms with E-state index in [0.29, 0.717) is 46.7 Å². The molecular weight excluding hydrogens is 403 g/mol. The minimum absolute atomic E-state index is 0.0709. The summed E-state index contributed by atoms with van der Waals surface area (Å²) >= 11 is 12.0. The molecule has 1 aromatic carbocycles. The Kier molecular flexibility index (Phi) is 7.01. The molecule has 0 saturated carbocycles. The van der Waals surface area contributed by atoms with Crippen molar-refractivity contribution in [3.63, 3.8) is 0 Å². The van der Waals surface area contributed by atoms with Gasteiger partial charge in [0.25, 0.3) is 0 Å². The maximum absolute atomic E-state index is 9.28. The van der Waals surface area contributed by atoms with Gasteiger partial charge in [0.1, 0.15) is 12.9 Å². The number of ether oxygens (including phenoxy) is 2. The summed E-state index contributed by atoms with van der Waals surface area (Å²) in [6.07, 6.45) is 2.44. The number of fused-ring (bicyclic) bond motifs is 1. The van der Waals surface area contributed by atoms with Gasteiger partial charge >= 0.3 is 0 Å². The predicted molar refractivity (Wildman–Crippen MR) is 106 cm³/mol. The van der Waals surface area contributed by atoms with Gasteiger partial charge in [0, 0.05) is 20.2 Å². The Bertz CT molecular complexity index is 1000. The van der Waals surface area contributed by atoms with E-state index in [1.54, 1.807) is 25.6 Å². The summed E-state index contributed by atoms with van der Waals surface area (Å²) in [6, 6.07) is 7.37. The molecule has 0 aliphatic rings. The summed E-state index contributed by atoms with van der Waals surface area (Å²) < 4.78 is 12.0. The summed E-state index contributed by atoms with van der Waals surface area (Å²) in [5.41, 5.74) is 2.11. The molecule has 8 nitrogen and oxygen atoms in total. The second kappa shape index (κ2) is 9.66. The maximum Gasteiger partial charge on any atom is 0.236 e. The number of rotatable bonds is 9. The number of nitriles is 1. The molecule has 10 heteroatoms. The second-order valence-corrected chi connectivity index (χ2v) is 6.70. The first-order chi connectivity index (χ1) is 13.6. The molecule has 1 N–H and O–H groups in total. The van der Waals surface area contributed by atoms with Gasteiger partial charge in [-0.3, -0.25) is 0 Å². The molecule has 146 valence electrons. The molecule has 28 heavy (non-hydrogen) atoms. The quantitative estimate of drug-likeness (QED) is 0.416. The van der Waals surface area contributed by atoms with Crippen LogP contribution in [-0.4, -0.2) is 40.0 Å². The van der Waals surface area contributed by atoms with Crippen LogP contribution in [-0.2, 0) is 22.6 Å². The van der Waals surface area contributed by atoms with E-state index in [-0.39, 0.29) is 12.6 Å². The number of nitrogens with zero attached hydrogens (tertiary/aromatic N) is 5. The summed E-state index contributed by atoms with van der Waals surface area (Å²) in [7, 11) is 1.58. The van der Waals surface area contributed by atoms with Crippen molar-refractivity contribution in [3.05, 3.63) is 46.0 Å². The fourth-order valence-electron chi connectivity index (χ4n) is 2.60. The van der Waals surface area contributed by atoms with E-state index in [1.165, 1.54) is 0 Å². The van der Waals surface area contributed by atoms with Gasteiger partial charge in [0.05, 0.1) is 23.0 Å². The topological polar surface area (TPSA) is 97.9 Å². The van der Waals surface area contributed by atoms with Gasteiger partial charge in [-0.05, 0) is 24.1 Å². The number of hydrogen-bond donors (Lipinski definition) is 1. The lowest BCUT2D eigenvalue weighted by atomic mass is 10.2. The third-order valence-corrected chi connectivity index (χ3v) is 4.64. The minimum atomic E-state index is 0.0709. The molecule has 0 fully saturated rings. The van der Waals surface area contributed by atoms with E-state index in [9.17, 15) is 5.26 Å². The molecule has 0 radical (unpaired) electrons. The normalized spacial score (nSPS) is 10.9. The standard InChI is InChI=1S/C18H18Cl2N6O2/c1-27-11-28-6-2-5-26-10-23-16-17(24-15(8-21)25-18(16)26)22-9-12-3-4-13(19)14(20)7-12/h3-4,7,10H,2,5-6,9,11H2,1H3,(H,22,24,25). The Hall–Kier alpha value is -2.44. The molecular formula is C18H18Cl2N6O2. The molecule has 0 amide bonds. The van der Waals surface area contributed by atoms with Crippen LogP contribution in [0.25, 0.3) is 11.2 Å². The number of aromatic nitrogens is 4. The molecule has 0 aliphatic heterocycles. The number of halogens is 2. The van der Waals surface area contributed by atoms with Crippen LogP contribution >= 0.6 is 23.2 Å². The number of hydrogen-bond acceptors (Lipinski definition) is 7. The van der Waals surface area contributed by atoms with Crippen LogP contribution in [0.2, 0.25) is 10.0 Å². The summed E-state index contributed by atoms with van der Waals surface area (Å²) in [6.45, 7) is 1.90. The number of aryl methyl sites for hydroxylation is 1. The van der Waals surface area contributed by atoms with Crippen LogP contribution in [0.1, 0.15) is 17.8 Å². The second-order valence-electron chi connectivity index (χ2n) is 5.89. The van der Waals surface area contributed by atoms with Crippen molar-refractivity contribution in [1.82, 2.24) is 19.5 Å². The molecule has 2 heterocycles. The van der Waals surface area contributed by atoms with Crippen molar-refractivity contribution in [2.75, 3.05) is 25.8 Å². The molecule has 0 saturated heterocycles. The van der Waals surface area contributed by atoms with Crippen LogP contribution in [0.15, 0.2) is 24.5 Å². The van der Waals surface area contributed by atoms with Crippen LogP contribution in [0.3, 0.4) is 0 Å². The smallest absolute Gasteiger partial charge is 0.236 e. The number of benzene rings is 1. The zero-order chi connectivity index (χ0) is 19.9. The van der Waals surface area contributed by atoms with Crippen molar-refractivity contribution in [3.8, 4) is 6.07 Å². The highest BCUT2D eigenvalue weighted by molar-refractivity contribution is 6.42. The van der Waals surface area contributed by atoms with Crippen LogP contribution in [0.5, 0.6) is 0 Å². The molecule has 0 atom stereocenters. The summed E-state index contributed by atoms with van der Waals surface area (Å²) in [5, 5.41) is 13.5. The van der Waals surface area contributed by atoms with Crippen molar-refractivity contribution >= 4 is 40.2 Å². The Labute approximate surface area is 172 Å². The zero-order valence-electron chi connectivity index (χ0n) is 15.2. The highest BCUT2D eigenvalue weighted by Gasteiger charge is 2.13. The lowest BCUT2D eigenvalue weighted by molar-refractivity contribution is -0.0318. The van der Waals surface area contributed by atoms with Gasteiger partial charge in [-0.1, -0.05) is 29.3 Å². The van der Waals surface area contributed by atoms with Gasteiger partial charge in [0.15, 0.2) is 17.0 Å². The maximum atomic E-state index is 9.28. The van der Waals surface area contributed by atoms with Crippen molar-refractivity contribution in [1.29, 1.82) is 5.26 Å². The highest BCUT2D eigenvalue weighted by Crippen LogP contribution is 2.24. The third kappa shape index (κ3) is 4.88. The van der Waals surface area contributed by atoms with Crippen molar-refractivity contribution in [2.45, 2.75) is 19.5 Å². The number of imidazole rings is 1. The number of anilines is 1. The van der Waals surface area contributed by atoms with Gasteiger partial charge < -0.3 is 19.4 Å². The predicted octanol–water partition coefficient (Wildman–Crippen LogP) is 3.63. The Morgan fingerprint density at radius 1 is 1.25 bits per heavy atom. The minimum Gasteiger partial charge on any atom is -0.364 e. The highest BCUT2D eigenvalue weighted by atomic mass is 35.5. The third-order valence-electron chi connectivity index (χ3n) is 3.90. The first-order valence-electron chi connectivity index (χ1n) is 8.50. The van der Waals surface area contributed by atoms with Crippen molar-refractivity contribution < 1.29 is 9.47 Å². The van der Waals surface area contributed by atoms with E-state index >= 15 is 0 Å². The first-order valence-corrected chi connectivity index (χ1v) is 9.25. The molecule has 0 bridgehead atoms. The van der Waals surface area contributed by atoms with Crippen LogP contribution < -0.4 is 5.32 Å². The number of methoxy groups -OCH3 is 1. The molecule has 2 aromatic heterocycles. The molecule has 0 spiro atoms. The first kappa shape index (κ1) is 20.3. The largest absolute Gasteiger partial charge is 0.364 e.